The molecule has 0 aliphatic rings. The van der Waals surface area contributed by atoms with Crippen molar-refractivity contribution in [2.75, 3.05) is 5.43 Å². The fourth-order valence-corrected chi connectivity index (χ4v) is 1.67. The average molecular weight is 252 g/mol. The van der Waals surface area contributed by atoms with Gasteiger partial charge in [-0.05, 0) is 25.1 Å². The highest BCUT2D eigenvalue weighted by molar-refractivity contribution is 6.30. The van der Waals surface area contributed by atoms with Crippen LogP contribution in [-0.4, -0.2) is 14.5 Å². The lowest BCUT2D eigenvalue weighted by Crippen LogP contribution is -2.27. The maximum Gasteiger partial charge on any atom is 0.356 e. The second-order valence-electron chi connectivity index (χ2n) is 3.34. The number of nitrogens with zero attached hydrogens (tertiary/aromatic N) is 3. The zero-order valence-electron chi connectivity index (χ0n) is 9.01. The van der Waals surface area contributed by atoms with Gasteiger partial charge >= 0.3 is 5.69 Å². The molecule has 6 nitrogen and oxygen atoms in total. The van der Waals surface area contributed by atoms with Gasteiger partial charge in [-0.2, -0.15) is 9.97 Å². The first kappa shape index (κ1) is 11.6. The van der Waals surface area contributed by atoms with Crippen LogP contribution in [0.4, 0.5) is 5.95 Å². The Labute approximate surface area is 102 Å². The topological polar surface area (TPSA) is 85.8 Å². The van der Waals surface area contributed by atoms with Gasteiger partial charge in [0.05, 0.1) is 5.69 Å². The number of hydrogen-bond donors (Lipinski definition) is 2. The number of anilines is 1. The summed E-state index contributed by atoms with van der Waals surface area (Å²) in [5.41, 5.74) is 2.39. The molecule has 0 unspecified atom stereocenters. The third-order valence-electron chi connectivity index (χ3n) is 2.18. The van der Waals surface area contributed by atoms with Crippen LogP contribution in [0.3, 0.4) is 0 Å². The standard InChI is InChI=1S/C10H10ClN5O/c1-6-13-9(15-12)14-10(17)16(6)8-4-2-3-7(11)5-8/h2-5H,12H2,1H3,(H,14,15,17). The first-order valence-electron chi connectivity index (χ1n) is 4.82. The highest BCUT2D eigenvalue weighted by Crippen LogP contribution is 2.14. The Bertz CT molecular complexity index is 610. The van der Waals surface area contributed by atoms with Crippen molar-refractivity contribution in [1.29, 1.82) is 0 Å². The van der Waals surface area contributed by atoms with Gasteiger partial charge in [-0.15, -0.1) is 0 Å². The quantitative estimate of drug-likeness (QED) is 0.611. The summed E-state index contributed by atoms with van der Waals surface area (Å²) >= 11 is 5.87. The molecule has 0 saturated carbocycles. The van der Waals surface area contributed by atoms with Crippen LogP contribution >= 0.6 is 11.6 Å². The zero-order valence-corrected chi connectivity index (χ0v) is 9.77. The smallest absolute Gasteiger partial charge is 0.292 e. The number of rotatable bonds is 2. The molecule has 1 aromatic heterocycles. The van der Waals surface area contributed by atoms with Crippen LogP contribution in [0.5, 0.6) is 0 Å². The Hall–Kier alpha value is -1.92. The minimum atomic E-state index is -0.465. The van der Waals surface area contributed by atoms with Crippen LogP contribution in [0, 0.1) is 6.92 Å². The van der Waals surface area contributed by atoms with Crippen molar-refractivity contribution >= 4 is 17.5 Å². The zero-order chi connectivity index (χ0) is 12.4. The van der Waals surface area contributed by atoms with Crippen LogP contribution in [0.1, 0.15) is 5.82 Å². The summed E-state index contributed by atoms with van der Waals surface area (Å²) in [6, 6.07) is 6.88. The lowest BCUT2D eigenvalue weighted by molar-refractivity contribution is 0.811. The summed E-state index contributed by atoms with van der Waals surface area (Å²) in [4.78, 5) is 19.5. The molecule has 2 rings (SSSR count). The number of nitrogens with one attached hydrogen (secondary N) is 1. The van der Waals surface area contributed by atoms with Crippen LogP contribution in [-0.2, 0) is 0 Å². The van der Waals surface area contributed by atoms with Crippen LogP contribution < -0.4 is 17.0 Å². The van der Waals surface area contributed by atoms with E-state index in [0.29, 0.717) is 16.5 Å². The average Bonchev–Trinajstić information content (AvgIpc) is 2.28. The molecule has 88 valence electrons. The van der Waals surface area contributed by atoms with Crippen molar-refractivity contribution in [3.05, 3.63) is 45.6 Å². The number of benzene rings is 1. The normalized spacial score (nSPS) is 10.3. The fraction of sp³-hybridized carbons (Fsp3) is 0.100. The van der Waals surface area contributed by atoms with Crippen LogP contribution in [0.2, 0.25) is 5.02 Å². The van der Waals surface area contributed by atoms with E-state index in [1.807, 2.05) is 0 Å². The minimum Gasteiger partial charge on any atom is -0.292 e. The fourth-order valence-electron chi connectivity index (χ4n) is 1.48. The van der Waals surface area contributed by atoms with Crippen molar-refractivity contribution < 1.29 is 0 Å². The lowest BCUT2D eigenvalue weighted by Gasteiger charge is -2.09. The number of hydrazine groups is 1. The van der Waals surface area contributed by atoms with Gasteiger partial charge in [-0.1, -0.05) is 17.7 Å². The molecule has 3 N–H and O–H groups in total. The maximum atomic E-state index is 11.8. The van der Waals surface area contributed by atoms with Crippen molar-refractivity contribution in [2.24, 2.45) is 5.84 Å². The van der Waals surface area contributed by atoms with E-state index in [0.717, 1.165) is 0 Å². The first-order valence-corrected chi connectivity index (χ1v) is 5.20. The van der Waals surface area contributed by atoms with E-state index >= 15 is 0 Å². The molecular weight excluding hydrogens is 242 g/mol. The molecule has 7 heteroatoms. The number of aryl methyl sites for hydroxylation is 1. The monoisotopic (exact) mass is 251 g/mol. The summed E-state index contributed by atoms with van der Waals surface area (Å²) in [6.45, 7) is 1.69. The van der Waals surface area contributed by atoms with Gasteiger partial charge in [-0.25, -0.2) is 15.2 Å². The SMILES string of the molecule is Cc1nc(NN)nc(=O)n1-c1cccc(Cl)c1. The van der Waals surface area contributed by atoms with E-state index in [2.05, 4.69) is 15.4 Å². The molecule has 1 heterocycles. The summed E-state index contributed by atoms with van der Waals surface area (Å²) < 4.78 is 1.35. The predicted molar refractivity (Wildman–Crippen MR) is 65.2 cm³/mol. The largest absolute Gasteiger partial charge is 0.356 e. The third kappa shape index (κ3) is 2.27. The van der Waals surface area contributed by atoms with E-state index in [9.17, 15) is 4.79 Å². The lowest BCUT2D eigenvalue weighted by atomic mass is 10.3. The Kier molecular flexibility index (Phi) is 3.08. The Morgan fingerprint density at radius 3 is 2.76 bits per heavy atom. The number of nitrogens with two attached hydrogens (primary N) is 1. The molecule has 0 fully saturated rings. The summed E-state index contributed by atoms with van der Waals surface area (Å²) in [6.07, 6.45) is 0. The molecule has 0 bridgehead atoms. The molecule has 17 heavy (non-hydrogen) atoms. The van der Waals surface area contributed by atoms with Gasteiger partial charge in [0.1, 0.15) is 5.82 Å². The summed E-state index contributed by atoms with van der Waals surface area (Å²) in [5, 5.41) is 0.537. The summed E-state index contributed by atoms with van der Waals surface area (Å²) in [7, 11) is 0. The van der Waals surface area contributed by atoms with Crippen molar-refractivity contribution in [1.82, 2.24) is 14.5 Å². The Morgan fingerprint density at radius 2 is 2.18 bits per heavy atom. The Morgan fingerprint density at radius 1 is 1.41 bits per heavy atom. The molecular formula is C10H10ClN5O. The molecule has 1 aromatic carbocycles. The van der Waals surface area contributed by atoms with Gasteiger partial charge in [0, 0.05) is 5.02 Å². The predicted octanol–water partition coefficient (Wildman–Crippen LogP) is 0.875. The van der Waals surface area contributed by atoms with E-state index in [1.165, 1.54) is 4.57 Å². The van der Waals surface area contributed by atoms with E-state index in [4.69, 9.17) is 17.4 Å². The molecule has 0 atom stereocenters. The van der Waals surface area contributed by atoms with Gasteiger partial charge in [0.15, 0.2) is 0 Å². The second kappa shape index (κ2) is 4.52. The van der Waals surface area contributed by atoms with Gasteiger partial charge < -0.3 is 0 Å². The number of nitrogen functional groups attached to an aromatic ring is 1. The molecule has 0 amide bonds. The second-order valence-corrected chi connectivity index (χ2v) is 3.77. The van der Waals surface area contributed by atoms with Crippen molar-refractivity contribution in [3.8, 4) is 5.69 Å². The first-order chi connectivity index (χ1) is 8.11. The molecule has 0 saturated heterocycles. The number of halogens is 1. The van der Waals surface area contributed by atoms with Gasteiger partial charge in [0.2, 0.25) is 5.95 Å². The minimum absolute atomic E-state index is 0.0887. The molecule has 0 spiro atoms. The van der Waals surface area contributed by atoms with E-state index in [-0.39, 0.29) is 5.95 Å². The van der Waals surface area contributed by atoms with Crippen LogP contribution in [0.15, 0.2) is 29.1 Å². The van der Waals surface area contributed by atoms with E-state index in [1.54, 1.807) is 31.2 Å². The molecule has 0 aliphatic heterocycles. The van der Waals surface area contributed by atoms with Crippen molar-refractivity contribution in [2.45, 2.75) is 6.92 Å². The third-order valence-corrected chi connectivity index (χ3v) is 2.41. The molecule has 0 radical (unpaired) electrons. The highest BCUT2D eigenvalue weighted by atomic mass is 35.5. The van der Waals surface area contributed by atoms with Crippen LogP contribution in [0.25, 0.3) is 5.69 Å². The summed E-state index contributed by atoms with van der Waals surface area (Å²) in [5.74, 6) is 5.72. The van der Waals surface area contributed by atoms with Gasteiger partial charge in [-0.3, -0.25) is 5.43 Å². The van der Waals surface area contributed by atoms with Crippen molar-refractivity contribution in [3.63, 3.8) is 0 Å². The van der Waals surface area contributed by atoms with E-state index < -0.39 is 5.69 Å². The Balaban J connectivity index is 2.64. The highest BCUT2D eigenvalue weighted by Gasteiger charge is 2.08. The molecule has 0 aliphatic carbocycles. The number of aromatic nitrogens is 3. The number of hydrogen-bond acceptors (Lipinski definition) is 5. The maximum absolute atomic E-state index is 11.8. The van der Waals surface area contributed by atoms with Gasteiger partial charge in [0.25, 0.3) is 0 Å². The molecule has 2 aromatic rings.